The molecule has 0 aliphatic carbocycles. The number of pyridine rings is 1. The van der Waals surface area contributed by atoms with Gasteiger partial charge in [0.1, 0.15) is 17.3 Å². The van der Waals surface area contributed by atoms with Crippen molar-refractivity contribution in [3.05, 3.63) is 76.3 Å². The zero-order chi connectivity index (χ0) is 19.2. The van der Waals surface area contributed by atoms with E-state index in [1.54, 1.807) is 30.5 Å². The number of ether oxygens (including phenoxy) is 1. The largest absolute Gasteiger partial charge is 0.496 e. The molecule has 1 N–H and O–H groups in total. The highest BCUT2D eigenvalue weighted by molar-refractivity contribution is 5.94. The average molecular weight is 366 g/mol. The van der Waals surface area contributed by atoms with Gasteiger partial charge < -0.3 is 9.15 Å². The number of hydrogen-bond acceptors (Lipinski definition) is 7. The third-order valence-electron chi connectivity index (χ3n) is 3.57. The van der Waals surface area contributed by atoms with Crippen molar-refractivity contribution in [2.24, 2.45) is 5.10 Å². The lowest BCUT2D eigenvalue weighted by Gasteiger charge is -2.05. The fourth-order valence-corrected chi connectivity index (χ4v) is 2.29. The molecule has 1 aromatic carbocycles. The maximum Gasteiger partial charge on any atom is 0.272 e. The van der Waals surface area contributed by atoms with Gasteiger partial charge in [-0.25, -0.2) is 5.43 Å². The molecule has 9 heteroatoms. The van der Waals surface area contributed by atoms with E-state index in [0.717, 1.165) is 0 Å². The second-order valence-electron chi connectivity index (χ2n) is 5.28. The number of aromatic nitrogens is 1. The summed E-state index contributed by atoms with van der Waals surface area (Å²) < 4.78 is 10.8. The Bertz CT molecular complexity index is 998. The fraction of sp³-hybridized carbons (Fsp3) is 0.0556. The van der Waals surface area contributed by atoms with Crippen molar-refractivity contribution in [2.75, 3.05) is 7.11 Å². The van der Waals surface area contributed by atoms with E-state index in [1.807, 2.05) is 0 Å². The molecule has 2 aromatic heterocycles. The Morgan fingerprint density at radius 1 is 1.33 bits per heavy atom. The van der Waals surface area contributed by atoms with E-state index in [2.05, 4.69) is 15.5 Å². The van der Waals surface area contributed by atoms with Crippen molar-refractivity contribution in [2.45, 2.75) is 0 Å². The van der Waals surface area contributed by atoms with E-state index in [1.165, 1.54) is 37.7 Å². The smallest absolute Gasteiger partial charge is 0.272 e. The minimum atomic E-state index is -0.498. The van der Waals surface area contributed by atoms with Crippen LogP contribution in [0, 0.1) is 10.1 Å². The molecule has 3 rings (SSSR count). The van der Waals surface area contributed by atoms with Gasteiger partial charge in [0.05, 0.1) is 29.4 Å². The van der Waals surface area contributed by atoms with Crippen LogP contribution in [-0.2, 0) is 0 Å². The summed E-state index contributed by atoms with van der Waals surface area (Å²) in [6.45, 7) is 0. The van der Waals surface area contributed by atoms with E-state index >= 15 is 0 Å². The van der Waals surface area contributed by atoms with Crippen molar-refractivity contribution in [3.63, 3.8) is 0 Å². The van der Waals surface area contributed by atoms with Gasteiger partial charge in [0, 0.05) is 24.5 Å². The van der Waals surface area contributed by atoms with Gasteiger partial charge in [-0.2, -0.15) is 5.10 Å². The number of amides is 1. The highest BCUT2D eigenvalue weighted by Gasteiger charge is 2.15. The zero-order valence-electron chi connectivity index (χ0n) is 14.2. The van der Waals surface area contributed by atoms with Gasteiger partial charge in [-0.3, -0.25) is 19.9 Å². The van der Waals surface area contributed by atoms with E-state index in [0.29, 0.717) is 28.4 Å². The lowest BCUT2D eigenvalue weighted by molar-refractivity contribution is -0.384. The molecule has 1 amide bonds. The lowest BCUT2D eigenvalue weighted by Crippen LogP contribution is -2.17. The van der Waals surface area contributed by atoms with Crippen molar-refractivity contribution >= 4 is 17.8 Å². The van der Waals surface area contributed by atoms with E-state index in [4.69, 9.17) is 9.15 Å². The van der Waals surface area contributed by atoms with Gasteiger partial charge in [-0.1, -0.05) is 0 Å². The van der Waals surface area contributed by atoms with Crippen molar-refractivity contribution in [1.29, 1.82) is 0 Å². The zero-order valence-corrected chi connectivity index (χ0v) is 14.2. The van der Waals surface area contributed by atoms with Crippen molar-refractivity contribution in [1.82, 2.24) is 10.4 Å². The normalized spacial score (nSPS) is 10.7. The summed E-state index contributed by atoms with van der Waals surface area (Å²) in [7, 11) is 1.46. The quantitative estimate of drug-likeness (QED) is 0.407. The van der Waals surface area contributed by atoms with Gasteiger partial charge in [0.15, 0.2) is 0 Å². The van der Waals surface area contributed by atoms with Crippen LogP contribution in [0.4, 0.5) is 5.69 Å². The molecule has 0 spiro atoms. The number of furan rings is 1. The maximum absolute atomic E-state index is 11.9. The van der Waals surface area contributed by atoms with Crippen molar-refractivity contribution < 1.29 is 18.9 Å². The molecular formula is C18H14N4O5. The molecule has 0 aliphatic rings. The minimum Gasteiger partial charge on any atom is -0.496 e. The van der Waals surface area contributed by atoms with E-state index < -0.39 is 10.8 Å². The third-order valence-corrected chi connectivity index (χ3v) is 3.57. The summed E-state index contributed by atoms with van der Waals surface area (Å²) in [5, 5.41) is 14.8. The minimum absolute atomic E-state index is 0.0823. The number of non-ortho nitro benzene ring substituents is 1. The van der Waals surface area contributed by atoms with Crippen LogP contribution in [0.3, 0.4) is 0 Å². The van der Waals surface area contributed by atoms with E-state index in [-0.39, 0.29) is 5.69 Å². The Labute approximate surface area is 153 Å². The van der Waals surface area contributed by atoms with Gasteiger partial charge in [-0.05, 0) is 30.3 Å². The molecule has 2 heterocycles. The van der Waals surface area contributed by atoms with Crippen molar-refractivity contribution in [3.8, 4) is 17.1 Å². The predicted molar refractivity (Wildman–Crippen MR) is 96.6 cm³/mol. The number of carbonyl (C=O) groups is 1. The molecule has 0 bridgehead atoms. The second kappa shape index (κ2) is 7.91. The van der Waals surface area contributed by atoms with E-state index in [9.17, 15) is 14.9 Å². The SMILES string of the molecule is COc1ccc([N+](=O)[O-])cc1-c1ccc(/C=N\NC(=O)c2cccnc2)o1. The van der Waals surface area contributed by atoms with Crippen LogP contribution in [-0.4, -0.2) is 29.1 Å². The molecule has 3 aromatic rings. The predicted octanol–water partition coefficient (Wildman–Crippen LogP) is 3.02. The molecule has 0 saturated carbocycles. The van der Waals surface area contributed by atoms with Crippen LogP contribution < -0.4 is 10.2 Å². The van der Waals surface area contributed by atoms with Crippen LogP contribution >= 0.6 is 0 Å². The molecule has 9 nitrogen and oxygen atoms in total. The number of benzene rings is 1. The number of nitro groups is 1. The Morgan fingerprint density at radius 2 is 2.19 bits per heavy atom. The molecule has 136 valence electrons. The Hall–Kier alpha value is -4.01. The molecule has 0 radical (unpaired) electrons. The van der Waals surface area contributed by atoms with Gasteiger partial charge in [0.25, 0.3) is 11.6 Å². The fourth-order valence-electron chi connectivity index (χ4n) is 2.29. The van der Waals surface area contributed by atoms with Gasteiger partial charge in [0.2, 0.25) is 0 Å². The summed E-state index contributed by atoms with van der Waals surface area (Å²) in [4.78, 5) is 26.2. The molecule has 0 aliphatic heterocycles. The second-order valence-corrected chi connectivity index (χ2v) is 5.28. The number of hydrazone groups is 1. The van der Waals surface area contributed by atoms with Crippen LogP contribution in [0.1, 0.15) is 16.1 Å². The number of nitrogens with zero attached hydrogens (tertiary/aromatic N) is 3. The topological polar surface area (TPSA) is 120 Å². The molecule has 0 saturated heterocycles. The Balaban J connectivity index is 1.76. The monoisotopic (exact) mass is 366 g/mol. The highest BCUT2D eigenvalue weighted by atomic mass is 16.6. The Kier molecular flexibility index (Phi) is 5.22. The summed E-state index contributed by atoms with van der Waals surface area (Å²) in [5.41, 5.74) is 3.08. The van der Waals surface area contributed by atoms with Gasteiger partial charge in [-0.15, -0.1) is 0 Å². The summed E-state index contributed by atoms with van der Waals surface area (Å²) >= 11 is 0. The maximum atomic E-state index is 11.9. The first-order valence-electron chi connectivity index (χ1n) is 7.74. The lowest BCUT2D eigenvalue weighted by atomic mass is 10.1. The average Bonchev–Trinajstić information content (AvgIpc) is 3.16. The summed E-state index contributed by atoms with van der Waals surface area (Å²) in [5.74, 6) is 0.746. The summed E-state index contributed by atoms with van der Waals surface area (Å²) in [6, 6.07) is 10.7. The van der Waals surface area contributed by atoms with Crippen LogP contribution in [0.25, 0.3) is 11.3 Å². The standard InChI is InChI=1S/C18H14N4O5/c1-26-16-6-4-13(22(24)25)9-15(16)17-7-5-14(27-17)11-20-21-18(23)12-3-2-8-19-10-12/h2-11H,1H3,(H,21,23)/b20-11-. The van der Waals surface area contributed by atoms with Crippen LogP contribution in [0.15, 0.2) is 64.4 Å². The number of rotatable bonds is 6. The molecule has 0 atom stereocenters. The molecule has 0 fully saturated rings. The first-order chi connectivity index (χ1) is 13.1. The van der Waals surface area contributed by atoms with Gasteiger partial charge >= 0.3 is 0 Å². The first kappa shape index (κ1) is 17.8. The first-order valence-corrected chi connectivity index (χ1v) is 7.74. The number of nitrogens with one attached hydrogen (secondary N) is 1. The molecular weight excluding hydrogens is 352 g/mol. The number of methoxy groups -OCH3 is 1. The number of hydrogen-bond donors (Lipinski definition) is 1. The van der Waals surface area contributed by atoms with Crippen LogP contribution in [0.2, 0.25) is 0 Å². The highest BCUT2D eigenvalue weighted by Crippen LogP contribution is 2.34. The molecule has 27 heavy (non-hydrogen) atoms. The number of nitro benzene ring substituents is 1. The molecule has 0 unspecified atom stereocenters. The third kappa shape index (κ3) is 4.15. The number of carbonyl (C=O) groups excluding carboxylic acids is 1. The Morgan fingerprint density at radius 3 is 2.89 bits per heavy atom. The van der Waals surface area contributed by atoms with Crippen LogP contribution in [0.5, 0.6) is 5.75 Å². The summed E-state index contributed by atoms with van der Waals surface area (Å²) in [6.07, 6.45) is 4.30.